The third-order valence-corrected chi connectivity index (χ3v) is 4.54. The Kier molecular flexibility index (Phi) is 9.31. The molecule has 0 saturated heterocycles. The zero-order valence-electron chi connectivity index (χ0n) is 17.1. The van der Waals surface area contributed by atoms with Gasteiger partial charge in [0.05, 0.1) is 24.9 Å². The number of rotatable bonds is 10. The van der Waals surface area contributed by atoms with E-state index in [0.717, 1.165) is 6.26 Å². The van der Waals surface area contributed by atoms with Gasteiger partial charge in [-0.2, -0.15) is 0 Å². The van der Waals surface area contributed by atoms with E-state index < -0.39 is 25.1 Å². The minimum atomic E-state index is -2.59. The molecule has 0 saturated carbocycles. The molecule has 0 aromatic heterocycles. The Morgan fingerprint density at radius 1 is 1.41 bits per heavy atom. The summed E-state index contributed by atoms with van der Waals surface area (Å²) in [6.07, 6.45) is 4.13. The number of alkyl halides is 2. The molecule has 0 aromatic rings. The average molecular weight is 407 g/mol. The number of aliphatic imine (C=N–C) groups is 2. The molecular formula is C21H27F2N3O3. The first-order valence-electron chi connectivity index (χ1n) is 9.22. The van der Waals surface area contributed by atoms with Gasteiger partial charge in [0.25, 0.3) is 12.3 Å². The number of ketones is 1. The zero-order chi connectivity index (χ0) is 22.1. The van der Waals surface area contributed by atoms with Gasteiger partial charge >= 0.3 is 0 Å². The van der Waals surface area contributed by atoms with Gasteiger partial charge in [0.15, 0.2) is 5.78 Å². The number of amides is 1. The Hall–Kier alpha value is -2.90. The molecule has 0 aliphatic carbocycles. The number of halogens is 2. The molecule has 6 nitrogen and oxygen atoms in total. The van der Waals surface area contributed by atoms with Crippen molar-refractivity contribution in [1.29, 1.82) is 0 Å². The summed E-state index contributed by atoms with van der Waals surface area (Å²) < 4.78 is 24.9. The molecule has 0 fully saturated rings. The van der Waals surface area contributed by atoms with Gasteiger partial charge in [0.1, 0.15) is 0 Å². The summed E-state index contributed by atoms with van der Waals surface area (Å²) in [4.78, 5) is 34.4. The molecule has 0 bridgehead atoms. The van der Waals surface area contributed by atoms with Crippen LogP contribution in [0.4, 0.5) is 8.78 Å². The maximum atomic E-state index is 13.1. The average Bonchev–Trinajstić information content (AvgIpc) is 2.93. The number of allylic oxidation sites excluding steroid dienone is 2. The van der Waals surface area contributed by atoms with Crippen molar-refractivity contribution in [3.05, 3.63) is 46.9 Å². The fraction of sp³-hybridized carbons (Fsp3) is 0.429. The molecule has 1 aliphatic heterocycles. The van der Waals surface area contributed by atoms with Crippen molar-refractivity contribution in [3.63, 3.8) is 0 Å². The van der Waals surface area contributed by atoms with Gasteiger partial charge in [-0.15, -0.1) is 0 Å². The van der Waals surface area contributed by atoms with Gasteiger partial charge in [-0.1, -0.05) is 6.92 Å². The lowest BCUT2D eigenvalue weighted by atomic mass is 9.98. The summed E-state index contributed by atoms with van der Waals surface area (Å²) in [7, 11) is 0. The third-order valence-electron chi connectivity index (χ3n) is 4.54. The van der Waals surface area contributed by atoms with E-state index in [1.54, 1.807) is 33.8 Å². The van der Waals surface area contributed by atoms with Crippen molar-refractivity contribution in [2.45, 2.75) is 52.6 Å². The predicted octanol–water partition coefficient (Wildman–Crippen LogP) is 3.82. The number of aliphatic hydroxyl groups is 1. The van der Waals surface area contributed by atoms with E-state index in [2.05, 4.69) is 16.7 Å². The van der Waals surface area contributed by atoms with E-state index in [-0.39, 0.29) is 23.7 Å². The van der Waals surface area contributed by atoms with Crippen molar-refractivity contribution in [1.82, 2.24) is 4.90 Å². The van der Waals surface area contributed by atoms with Gasteiger partial charge in [-0.25, -0.2) is 8.78 Å². The van der Waals surface area contributed by atoms with Crippen LogP contribution < -0.4 is 0 Å². The number of carbonyl (C=O) groups is 2. The van der Waals surface area contributed by atoms with E-state index in [0.29, 0.717) is 16.7 Å². The maximum absolute atomic E-state index is 13.1. The molecule has 1 heterocycles. The van der Waals surface area contributed by atoms with Gasteiger partial charge in [-0.05, 0) is 50.8 Å². The van der Waals surface area contributed by atoms with Gasteiger partial charge in [0, 0.05) is 30.0 Å². The predicted molar refractivity (Wildman–Crippen MR) is 111 cm³/mol. The first-order chi connectivity index (χ1) is 13.7. The maximum Gasteiger partial charge on any atom is 0.257 e. The minimum Gasteiger partial charge on any atom is -0.515 e. The number of Topliss-reactive ketones (excluding diaryl/α,β-unsaturated/α-hetero) is 1. The molecule has 29 heavy (non-hydrogen) atoms. The normalized spacial score (nSPS) is 19.9. The SMILES string of the molecule is C=N/C=C\C1=C(C(=O)CC)C(C)N(C(C)C(/C=N\CC(F)F)=C/C(C)=C/O)C1=O. The molecule has 2 unspecified atom stereocenters. The highest BCUT2D eigenvalue weighted by molar-refractivity contribution is 6.12. The first-order valence-corrected chi connectivity index (χ1v) is 9.22. The minimum absolute atomic E-state index is 0.160. The van der Waals surface area contributed by atoms with Crippen LogP contribution in [-0.4, -0.2) is 59.7 Å². The monoisotopic (exact) mass is 407 g/mol. The Balaban J connectivity index is 3.38. The second kappa shape index (κ2) is 11.2. The Morgan fingerprint density at radius 3 is 2.59 bits per heavy atom. The van der Waals surface area contributed by atoms with Crippen molar-refractivity contribution in [3.8, 4) is 0 Å². The van der Waals surface area contributed by atoms with Gasteiger partial charge < -0.3 is 10.0 Å². The highest BCUT2D eigenvalue weighted by Gasteiger charge is 2.40. The third kappa shape index (κ3) is 6.04. The fourth-order valence-corrected chi connectivity index (χ4v) is 3.13. The molecule has 158 valence electrons. The fourth-order valence-electron chi connectivity index (χ4n) is 3.13. The molecule has 1 N–H and O–H groups in total. The van der Waals surface area contributed by atoms with Crippen LogP contribution in [0.2, 0.25) is 0 Å². The van der Waals surface area contributed by atoms with Crippen LogP contribution in [0.15, 0.2) is 56.9 Å². The van der Waals surface area contributed by atoms with Crippen LogP contribution in [-0.2, 0) is 9.59 Å². The van der Waals surface area contributed by atoms with Crippen LogP contribution in [0.5, 0.6) is 0 Å². The molecule has 1 amide bonds. The van der Waals surface area contributed by atoms with Crippen molar-refractivity contribution >= 4 is 24.6 Å². The number of hydrogen-bond acceptors (Lipinski definition) is 5. The van der Waals surface area contributed by atoms with Crippen LogP contribution >= 0.6 is 0 Å². The van der Waals surface area contributed by atoms with Crippen LogP contribution in [0, 0.1) is 0 Å². The highest BCUT2D eigenvalue weighted by Crippen LogP contribution is 2.32. The molecule has 2 atom stereocenters. The van der Waals surface area contributed by atoms with E-state index in [1.165, 1.54) is 23.4 Å². The van der Waals surface area contributed by atoms with Gasteiger partial charge in [0.2, 0.25) is 0 Å². The van der Waals surface area contributed by atoms with Crippen molar-refractivity contribution in [2.75, 3.05) is 6.54 Å². The number of hydrogen-bond donors (Lipinski definition) is 1. The Bertz CT molecular complexity index is 795. The highest BCUT2D eigenvalue weighted by atomic mass is 19.3. The number of nitrogens with zero attached hydrogens (tertiary/aromatic N) is 3. The Labute approximate surface area is 169 Å². The first kappa shape index (κ1) is 24.1. The van der Waals surface area contributed by atoms with Gasteiger partial charge in [-0.3, -0.25) is 19.6 Å². The summed E-state index contributed by atoms with van der Waals surface area (Å²) in [6, 6.07) is -1.12. The van der Waals surface area contributed by atoms with Crippen molar-refractivity contribution in [2.24, 2.45) is 9.98 Å². The summed E-state index contributed by atoms with van der Waals surface area (Å²) in [5.74, 6) is -0.534. The molecule has 1 rings (SSSR count). The van der Waals surface area contributed by atoms with Crippen LogP contribution in [0.3, 0.4) is 0 Å². The van der Waals surface area contributed by atoms with Crippen LogP contribution in [0.1, 0.15) is 34.1 Å². The summed E-state index contributed by atoms with van der Waals surface area (Å²) in [5.41, 5.74) is 1.52. The van der Waals surface area contributed by atoms with E-state index in [9.17, 15) is 23.5 Å². The largest absolute Gasteiger partial charge is 0.515 e. The number of aliphatic hydroxyl groups excluding tert-OH is 1. The molecule has 0 spiro atoms. The van der Waals surface area contributed by atoms with E-state index in [1.807, 2.05) is 0 Å². The van der Waals surface area contributed by atoms with E-state index in [4.69, 9.17) is 0 Å². The molecule has 0 radical (unpaired) electrons. The smallest absolute Gasteiger partial charge is 0.257 e. The molecule has 0 aromatic carbocycles. The second-order valence-corrected chi connectivity index (χ2v) is 6.57. The summed E-state index contributed by atoms with van der Waals surface area (Å²) >= 11 is 0. The quantitative estimate of drug-likeness (QED) is 0.340. The standard InChI is InChI=1S/C21H27F2N3O3/c1-6-18(28)20-15(4)26(21(29)17(20)7-8-24-5)14(3)16(9-13(2)12-27)10-25-11-19(22)23/h7-10,12,14-15,19,27H,5-6,11H2,1-4H3/b8-7-,13-12+,16-9+,25-10-. The van der Waals surface area contributed by atoms with E-state index >= 15 is 0 Å². The lowest BCUT2D eigenvalue weighted by molar-refractivity contribution is -0.127. The summed E-state index contributed by atoms with van der Waals surface area (Å²) in [6.45, 7) is 9.45. The lowest BCUT2D eigenvalue weighted by Gasteiger charge is -2.31. The summed E-state index contributed by atoms with van der Waals surface area (Å²) in [5, 5.41) is 9.20. The molecular weight excluding hydrogens is 380 g/mol. The number of carbonyl (C=O) groups excluding carboxylic acids is 2. The Morgan fingerprint density at radius 2 is 2.07 bits per heavy atom. The molecule has 8 heteroatoms. The second-order valence-electron chi connectivity index (χ2n) is 6.57. The topological polar surface area (TPSA) is 82.3 Å². The lowest BCUT2D eigenvalue weighted by Crippen LogP contribution is -2.43. The van der Waals surface area contributed by atoms with Crippen molar-refractivity contribution < 1.29 is 23.5 Å². The van der Waals surface area contributed by atoms with Crippen LogP contribution in [0.25, 0.3) is 0 Å². The zero-order valence-corrected chi connectivity index (χ0v) is 17.1. The molecule has 1 aliphatic rings.